The van der Waals surface area contributed by atoms with Gasteiger partial charge >= 0.3 is 5.97 Å². The normalized spacial score (nSPS) is 10.3. The van der Waals surface area contributed by atoms with Gasteiger partial charge < -0.3 is 4.74 Å². The summed E-state index contributed by atoms with van der Waals surface area (Å²) in [7, 11) is 1.18. The summed E-state index contributed by atoms with van der Waals surface area (Å²) in [5.74, 6) is -3.04. The Hall–Kier alpha value is -2.64. The van der Waals surface area contributed by atoms with Crippen LogP contribution in [0, 0.1) is 11.6 Å². The van der Waals surface area contributed by atoms with Crippen LogP contribution in [-0.4, -0.2) is 33.9 Å². The van der Waals surface area contributed by atoms with Crippen LogP contribution >= 0.6 is 0 Å². The number of methoxy groups -OCH3 is 1. The molecule has 8 heteroatoms. The molecule has 0 saturated heterocycles. The Morgan fingerprint density at radius 2 is 2.10 bits per heavy atom. The first kappa shape index (κ1) is 13.8. The first-order valence-electron chi connectivity index (χ1n) is 5.48. The van der Waals surface area contributed by atoms with E-state index in [1.807, 2.05) is 0 Å². The number of benzene rings is 1. The van der Waals surface area contributed by atoms with Gasteiger partial charge in [-0.05, 0) is 12.1 Å². The molecule has 104 valence electrons. The van der Waals surface area contributed by atoms with E-state index in [1.54, 1.807) is 0 Å². The topological polar surface area (TPSA) is 74.1 Å². The second-order valence-corrected chi connectivity index (χ2v) is 3.84. The van der Waals surface area contributed by atoms with Crippen molar-refractivity contribution in [1.29, 1.82) is 0 Å². The Kier molecular flexibility index (Phi) is 3.83. The highest BCUT2D eigenvalue weighted by atomic mass is 19.1. The van der Waals surface area contributed by atoms with Crippen molar-refractivity contribution < 1.29 is 23.1 Å². The summed E-state index contributed by atoms with van der Waals surface area (Å²) in [4.78, 5) is 23.0. The van der Waals surface area contributed by atoms with Crippen LogP contribution in [0.4, 0.5) is 8.78 Å². The maximum absolute atomic E-state index is 13.4. The number of hydrogen-bond acceptors (Lipinski definition) is 5. The Labute approximate surface area is 112 Å². The first-order chi connectivity index (χ1) is 9.51. The summed E-state index contributed by atoms with van der Waals surface area (Å²) in [5, 5.41) is 7.05. The molecule has 6 nitrogen and oxygen atoms in total. The molecule has 0 saturated carbocycles. The van der Waals surface area contributed by atoms with Crippen LogP contribution < -0.4 is 0 Å². The van der Waals surface area contributed by atoms with Gasteiger partial charge in [0.2, 0.25) is 0 Å². The number of Topliss-reactive ketones (excluding diaryl/α,β-unsaturated/α-hetero) is 1. The van der Waals surface area contributed by atoms with Crippen molar-refractivity contribution in [3.8, 4) is 0 Å². The fourth-order valence-corrected chi connectivity index (χ4v) is 1.52. The third-order valence-corrected chi connectivity index (χ3v) is 2.47. The number of ketones is 1. The lowest BCUT2D eigenvalue weighted by Crippen LogP contribution is -2.13. The molecule has 0 spiro atoms. The van der Waals surface area contributed by atoms with E-state index in [1.165, 1.54) is 13.3 Å². The molecule has 0 radical (unpaired) electrons. The Balaban J connectivity index is 2.15. The summed E-state index contributed by atoms with van der Waals surface area (Å²) in [6.45, 7) is -0.327. The van der Waals surface area contributed by atoms with Crippen molar-refractivity contribution >= 4 is 11.8 Å². The van der Waals surface area contributed by atoms with E-state index in [4.69, 9.17) is 0 Å². The Morgan fingerprint density at radius 1 is 1.35 bits per heavy atom. The molecular weight excluding hydrogens is 272 g/mol. The van der Waals surface area contributed by atoms with Crippen LogP contribution in [0.5, 0.6) is 0 Å². The van der Waals surface area contributed by atoms with E-state index in [2.05, 4.69) is 15.0 Å². The van der Waals surface area contributed by atoms with Gasteiger partial charge in [0.25, 0.3) is 0 Å². The standard InChI is InChI=1S/C12H9F2N3O3/c1-20-12(19)10-5-17(16-15-10)6-11(18)8-3-2-7(13)4-9(8)14/h2-5H,6H2,1H3. The van der Waals surface area contributed by atoms with Gasteiger partial charge in [0.1, 0.15) is 18.2 Å². The molecule has 1 aromatic carbocycles. The lowest BCUT2D eigenvalue weighted by Gasteiger charge is -2.02. The van der Waals surface area contributed by atoms with Crippen LogP contribution in [0.1, 0.15) is 20.8 Å². The maximum Gasteiger partial charge on any atom is 0.360 e. The highest BCUT2D eigenvalue weighted by molar-refractivity contribution is 5.96. The third-order valence-electron chi connectivity index (χ3n) is 2.47. The molecule has 1 aromatic heterocycles. The van der Waals surface area contributed by atoms with Gasteiger partial charge in [0.05, 0.1) is 18.9 Å². The molecule has 2 aromatic rings. The zero-order valence-corrected chi connectivity index (χ0v) is 10.3. The monoisotopic (exact) mass is 281 g/mol. The summed E-state index contributed by atoms with van der Waals surface area (Å²) in [6, 6.07) is 2.65. The van der Waals surface area contributed by atoms with E-state index in [0.29, 0.717) is 6.07 Å². The van der Waals surface area contributed by atoms with Gasteiger partial charge in [-0.2, -0.15) is 0 Å². The number of rotatable bonds is 4. The molecule has 1 heterocycles. The molecule has 20 heavy (non-hydrogen) atoms. The summed E-state index contributed by atoms with van der Waals surface area (Å²) >= 11 is 0. The van der Waals surface area contributed by atoms with Crippen molar-refractivity contribution in [2.24, 2.45) is 0 Å². The molecule has 0 bridgehead atoms. The molecular formula is C12H9F2N3O3. The molecule has 0 N–H and O–H groups in total. The number of hydrogen-bond donors (Lipinski definition) is 0. The maximum atomic E-state index is 13.4. The van der Waals surface area contributed by atoms with Crippen LogP contribution in [0.2, 0.25) is 0 Å². The first-order valence-corrected chi connectivity index (χ1v) is 5.48. The quantitative estimate of drug-likeness (QED) is 0.622. The molecule has 0 unspecified atom stereocenters. The number of aromatic nitrogens is 3. The van der Waals surface area contributed by atoms with Crippen LogP contribution in [0.25, 0.3) is 0 Å². The fraction of sp³-hybridized carbons (Fsp3) is 0.167. The number of carbonyl (C=O) groups is 2. The fourth-order valence-electron chi connectivity index (χ4n) is 1.52. The van der Waals surface area contributed by atoms with E-state index in [9.17, 15) is 18.4 Å². The molecule has 0 amide bonds. The van der Waals surface area contributed by atoms with Gasteiger partial charge in [-0.15, -0.1) is 5.10 Å². The molecule has 2 rings (SSSR count). The molecule has 0 aliphatic carbocycles. The summed E-state index contributed by atoms with van der Waals surface area (Å²) in [6.07, 6.45) is 1.20. The number of carbonyl (C=O) groups excluding carboxylic acids is 2. The van der Waals surface area contributed by atoms with E-state index in [-0.39, 0.29) is 17.8 Å². The lowest BCUT2D eigenvalue weighted by atomic mass is 10.1. The van der Waals surface area contributed by atoms with Gasteiger partial charge in [-0.3, -0.25) is 4.79 Å². The van der Waals surface area contributed by atoms with Gasteiger partial charge in [0, 0.05) is 6.07 Å². The second kappa shape index (κ2) is 5.55. The van der Waals surface area contributed by atoms with Crippen molar-refractivity contribution in [1.82, 2.24) is 15.0 Å². The Bertz CT molecular complexity index is 670. The minimum absolute atomic E-state index is 0.0696. The van der Waals surface area contributed by atoms with Crippen molar-refractivity contribution in [2.75, 3.05) is 7.11 Å². The van der Waals surface area contributed by atoms with E-state index in [0.717, 1.165) is 16.8 Å². The summed E-state index contributed by atoms with van der Waals surface area (Å²) in [5.41, 5.74) is -0.332. The third kappa shape index (κ3) is 2.85. The zero-order chi connectivity index (χ0) is 14.7. The van der Waals surface area contributed by atoms with Crippen LogP contribution in [0.3, 0.4) is 0 Å². The molecule has 0 fully saturated rings. The molecule has 0 aliphatic heterocycles. The number of nitrogens with zero attached hydrogens (tertiary/aromatic N) is 3. The minimum atomic E-state index is -0.955. The number of halogens is 2. The van der Waals surface area contributed by atoms with Crippen molar-refractivity contribution in [2.45, 2.75) is 6.54 Å². The predicted octanol–water partition coefficient (Wildman–Crippen LogP) is 1.23. The molecule has 0 aliphatic rings. The summed E-state index contributed by atoms with van der Waals surface area (Å²) < 4.78 is 31.6. The Morgan fingerprint density at radius 3 is 2.75 bits per heavy atom. The zero-order valence-electron chi connectivity index (χ0n) is 10.3. The van der Waals surface area contributed by atoms with Crippen molar-refractivity contribution in [3.05, 3.63) is 47.3 Å². The average molecular weight is 281 g/mol. The van der Waals surface area contributed by atoms with Gasteiger partial charge in [-0.25, -0.2) is 18.3 Å². The number of ether oxygens (including phenoxy) is 1. The van der Waals surface area contributed by atoms with E-state index >= 15 is 0 Å². The average Bonchev–Trinajstić information content (AvgIpc) is 2.86. The van der Waals surface area contributed by atoms with Crippen LogP contribution in [-0.2, 0) is 11.3 Å². The van der Waals surface area contributed by atoms with E-state index < -0.39 is 23.4 Å². The second-order valence-electron chi connectivity index (χ2n) is 3.84. The lowest BCUT2D eigenvalue weighted by molar-refractivity contribution is 0.0593. The highest BCUT2D eigenvalue weighted by Gasteiger charge is 2.16. The number of esters is 1. The van der Waals surface area contributed by atoms with Crippen LogP contribution in [0.15, 0.2) is 24.4 Å². The molecule has 0 atom stereocenters. The van der Waals surface area contributed by atoms with Gasteiger partial charge in [-0.1, -0.05) is 5.21 Å². The largest absolute Gasteiger partial charge is 0.464 e. The smallest absolute Gasteiger partial charge is 0.360 e. The predicted molar refractivity (Wildman–Crippen MR) is 62.1 cm³/mol. The van der Waals surface area contributed by atoms with Gasteiger partial charge in [0.15, 0.2) is 11.5 Å². The highest BCUT2D eigenvalue weighted by Crippen LogP contribution is 2.11. The minimum Gasteiger partial charge on any atom is -0.464 e. The SMILES string of the molecule is COC(=O)c1cn(CC(=O)c2ccc(F)cc2F)nn1. The van der Waals surface area contributed by atoms with Crippen molar-refractivity contribution in [3.63, 3.8) is 0 Å².